The van der Waals surface area contributed by atoms with Crippen molar-refractivity contribution in [2.24, 2.45) is 0 Å². The van der Waals surface area contributed by atoms with Crippen molar-refractivity contribution >= 4 is 21.4 Å². The van der Waals surface area contributed by atoms with Crippen LogP contribution in [0.4, 0.5) is 0 Å². The number of thiophene rings is 1. The molecule has 20 heavy (non-hydrogen) atoms. The van der Waals surface area contributed by atoms with Gasteiger partial charge in [0.15, 0.2) is 0 Å². The van der Waals surface area contributed by atoms with E-state index in [2.05, 4.69) is 17.0 Å². The summed E-state index contributed by atoms with van der Waals surface area (Å²) in [6.07, 6.45) is 2.63. The first kappa shape index (κ1) is 17.6. The van der Waals surface area contributed by atoms with E-state index in [1.54, 1.807) is 6.07 Å². The van der Waals surface area contributed by atoms with Crippen LogP contribution < -0.4 is 10.0 Å². The molecule has 0 fully saturated rings. The van der Waals surface area contributed by atoms with Gasteiger partial charge in [0.25, 0.3) is 10.0 Å². The third-order valence-corrected chi connectivity index (χ3v) is 6.72. The lowest BCUT2D eigenvalue weighted by molar-refractivity contribution is 0.389. The second-order valence-corrected chi connectivity index (χ2v) is 8.14. The van der Waals surface area contributed by atoms with E-state index in [1.807, 2.05) is 26.2 Å². The van der Waals surface area contributed by atoms with Gasteiger partial charge < -0.3 is 5.32 Å². The van der Waals surface area contributed by atoms with Crippen molar-refractivity contribution in [3.8, 4) is 0 Å². The Balaban J connectivity index is 2.78. The molecule has 1 aromatic rings. The van der Waals surface area contributed by atoms with Crippen LogP contribution in [0.3, 0.4) is 0 Å². The molecule has 0 saturated heterocycles. The smallest absolute Gasteiger partial charge is 0.250 e. The average Bonchev–Trinajstić information content (AvgIpc) is 2.88. The van der Waals surface area contributed by atoms with Crippen LogP contribution in [0.1, 0.15) is 52.5 Å². The van der Waals surface area contributed by atoms with Crippen LogP contribution in [-0.2, 0) is 16.6 Å². The van der Waals surface area contributed by atoms with Crippen LogP contribution >= 0.6 is 11.3 Å². The molecule has 0 aliphatic heterocycles. The lowest BCUT2D eigenvalue weighted by Gasteiger charge is -2.27. The summed E-state index contributed by atoms with van der Waals surface area (Å²) in [4.78, 5) is 0. The average molecular weight is 319 g/mol. The Hall–Kier alpha value is -0.430. The first-order valence-corrected chi connectivity index (χ1v) is 9.55. The highest BCUT2D eigenvalue weighted by molar-refractivity contribution is 7.91. The maximum absolute atomic E-state index is 12.4. The zero-order chi connectivity index (χ0) is 15.2. The minimum atomic E-state index is -3.41. The number of hydrogen-bond donors (Lipinski definition) is 2. The molecule has 2 N–H and O–H groups in total. The van der Waals surface area contributed by atoms with Crippen molar-refractivity contribution < 1.29 is 8.42 Å². The van der Waals surface area contributed by atoms with Gasteiger partial charge in [-0.3, -0.25) is 0 Å². The van der Waals surface area contributed by atoms with Gasteiger partial charge in [0.2, 0.25) is 0 Å². The van der Waals surface area contributed by atoms with Crippen LogP contribution in [0.25, 0.3) is 0 Å². The summed E-state index contributed by atoms with van der Waals surface area (Å²) in [5.41, 5.74) is 0.655. The summed E-state index contributed by atoms with van der Waals surface area (Å²) in [7, 11) is -3.41. The third-order valence-electron chi connectivity index (χ3n) is 3.59. The molecule has 0 atom stereocenters. The Morgan fingerprint density at radius 3 is 2.45 bits per heavy atom. The Morgan fingerprint density at radius 1 is 1.25 bits per heavy atom. The Bertz CT molecular complexity index is 505. The number of hydrogen-bond acceptors (Lipinski definition) is 4. The van der Waals surface area contributed by atoms with Gasteiger partial charge in [-0.05, 0) is 49.7 Å². The van der Waals surface area contributed by atoms with Gasteiger partial charge in [-0.2, -0.15) is 0 Å². The molecule has 0 amide bonds. The van der Waals surface area contributed by atoms with Crippen molar-refractivity contribution in [2.75, 3.05) is 6.54 Å². The van der Waals surface area contributed by atoms with Crippen LogP contribution in [0.5, 0.6) is 0 Å². The fraction of sp³-hybridized carbons (Fsp3) is 0.714. The molecule has 1 heterocycles. The molecule has 0 aliphatic rings. The van der Waals surface area contributed by atoms with E-state index in [0.29, 0.717) is 4.21 Å². The SMILES string of the molecule is CCCNCc1csc(S(=O)(=O)NC(C)(CC)CC)c1. The van der Waals surface area contributed by atoms with Gasteiger partial charge in [-0.25, -0.2) is 13.1 Å². The molecule has 1 rings (SSSR count). The first-order valence-electron chi connectivity index (χ1n) is 7.19. The molecule has 6 heteroatoms. The topological polar surface area (TPSA) is 58.2 Å². The second-order valence-electron chi connectivity index (χ2n) is 5.32. The molecule has 0 radical (unpaired) electrons. The summed E-state index contributed by atoms with van der Waals surface area (Å²) in [5.74, 6) is 0. The summed E-state index contributed by atoms with van der Waals surface area (Å²) < 4.78 is 28.0. The molecule has 0 spiro atoms. The number of rotatable bonds is 9. The Morgan fingerprint density at radius 2 is 1.90 bits per heavy atom. The standard InChI is InChI=1S/C14H26N2O2S2/c1-5-8-15-10-12-9-13(19-11-12)20(17,18)16-14(4,6-2)7-3/h9,11,15-16H,5-8,10H2,1-4H3. The summed E-state index contributed by atoms with van der Waals surface area (Å²) in [5, 5.41) is 5.19. The van der Waals surface area contributed by atoms with Crippen LogP contribution in [0.15, 0.2) is 15.7 Å². The molecular weight excluding hydrogens is 292 g/mol. The van der Waals surface area contributed by atoms with E-state index in [-0.39, 0.29) is 5.54 Å². The van der Waals surface area contributed by atoms with Crippen molar-refractivity contribution in [3.63, 3.8) is 0 Å². The van der Waals surface area contributed by atoms with Crippen molar-refractivity contribution in [1.82, 2.24) is 10.0 Å². The summed E-state index contributed by atoms with van der Waals surface area (Å²) in [6.45, 7) is 9.72. The van der Waals surface area contributed by atoms with Gasteiger partial charge in [-0.15, -0.1) is 11.3 Å². The predicted octanol–water partition coefficient (Wildman–Crippen LogP) is 3.10. The highest BCUT2D eigenvalue weighted by atomic mass is 32.2. The molecule has 0 saturated carbocycles. The largest absolute Gasteiger partial charge is 0.313 e. The van der Waals surface area contributed by atoms with Gasteiger partial charge >= 0.3 is 0 Å². The van der Waals surface area contributed by atoms with Crippen molar-refractivity contribution in [2.45, 2.75) is 63.3 Å². The first-order chi connectivity index (χ1) is 9.37. The molecule has 0 aliphatic carbocycles. The normalized spacial score (nSPS) is 12.8. The highest BCUT2D eigenvalue weighted by Gasteiger charge is 2.28. The molecular formula is C14H26N2O2S2. The predicted molar refractivity (Wildman–Crippen MR) is 85.6 cm³/mol. The Kier molecular flexibility index (Phi) is 6.64. The van der Waals surface area contributed by atoms with Gasteiger partial charge in [0.05, 0.1) is 0 Å². The fourth-order valence-corrected chi connectivity index (χ4v) is 4.52. The van der Waals surface area contributed by atoms with Gasteiger partial charge in [0, 0.05) is 12.1 Å². The highest BCUT2D eigenvalue weighted by Crippen LogP contribution is 2.24. The minimum absolute atomic E-state index is 0.372. The van der Waals surface area contributed by atoms with E-state index in [9.17, 15) is 8.42 Å². The molecule has 4 nitrogen and oxygen atoms in total. The monoisotopic (exact) mass is 318 g/mol. The van der Waals surface area contributed by atoms with E-state index >= 15 is 0 Å². The molecule has 1 aromatic heterocycles. The van der Waals surface area contributed by atoms with Gasteiger partial charge in [0.1, 0.15) is 4.21 Å². The van der Waals surface area contributed by atoms with Crippen molar-refractivity contribution in [1.29, 1.82) is 0 Å². The Labute approximate surface area is 127 Å². The van der Waals surface area contributed by atoms with Crippen LogP contribution in [-0.4, -0.2) is 20.5 Å². The van der Waals surface area contributed by atoms with Crippen LogP contribution in [0.2, 0.25) is 0 Å². The zero-order valence-corrected chi connectivity index (χ0v) is 14.5. The van der Waals surface area contributed by atoms with E-state index in [0.717, 1.165) is 37.9 Å². The quantitative estimate of drug-likeness (QED) is 0.688. The summed E-state index contributed by atoms with van der Waals surface area (Å²) >= 11 is 1.29. The second kappa shape index (κ2) is 7.54. The number of nitrogens with one attached hydrogen (secondary N) is 2. The third kappa shape index (κ3) is 4.84. The molecule has 116 valence electrons. The van der Waals surface area contributed by atoms with E-state index in [1.165, 1.54) is 11.3 Å². The lowest BCUT2D eigenvalue weighted by Crippen LogP contribution is -2.44. The fourth-order valence-electron chi connectivity index (χ4n) is 1.77. The lowest BCUT2D eigenvalue weighted by atomic mass is 9.98. The number of sulfonamides is 1. The maximum Gasteiger partial charge on any atom is 0.250 e. The molecule has 0 bridgehead atoms. The van der Waals surface area contributed by atoms with Gasteiger partial charge in [-0.1, -0.05) is 20.8 Å². The minimum Gasteiger partial charge on any atom is -0.313 e. The van der Waals surface area contributed by atoms with Crippen molar-refractivity contribution in [3.05, 3.63) is 17.0 Å². The van der Waals surface area contributed by atoms with E-state index < -0.39 is 10.0 Å². The molecule has 0 aromatic carbocycles. The maximum atomic E-state index is 12.4. The van der Waals surface area contributed by atoms with Crippen LogP contribution in [0, 0.1) is 0 Å². The molecule has 0 unspecified atom stereocenters. The van der Waals surface area contributed by atoms with E-state index in [4.69, 9.17) is 0 Å². The zero-order valence-electron chi connectivity index (χ0n) is 12.8. The summed E-state index contributed by atoms with van der Waals surface area (Å²) in [6, 6.07) is 1.77.